The zero-order valence-corrected chi connectivity index (χ0v) is 19.0. The summed E-state index contributed by atoms with van der Waals surface area (Å²) in [5, 5.41) is 17.1. The summed E-state index contributed by atoms with van der Waals surface area (Å²) in [6.45, 7) is 6.92. The van der Waals surface area contributed by atoms with Gasteiger partial charge in [0.05, 0.1) is 12.4 Å². The van der Waals surface area contributed by atoms with Gasteiger partial charge in [0.1, 0.15) is 18.1 Å². The second-order valence-corrected chi connectivity index (χ2v) is 8.30. The molecule has 0 aliphatic carbocycles. The molecule has 31 heavy (non-hydrogen) atoms. The van der Waals surface area contributed by atoms with Gasteiger partial charge in [-0.25, -0.2) is 9.78 Å². The molecule has 1 rings (SSSR count). The number of carboxylic acid groups (broad SMARTS) is 1. The van der Waals surface area contributed by atoms with Crippen molar-refractivity contribution in [3.8, 4) is 0 Å². The molecule has 11 nitrogen and oxygen atoms in total. The van der Waals surface area contributed by atoms with Crippen LogP contribution in [0.3, 0.4) is 0 Å². The van der Waals surface area contributed by atoms with Crippen molar-refractivity contribution in [3.05, 3.63) is 18.2 Å². The first kappa shape index (κ1) is 26.4. The fraction of sp³-hybridized carbons (Fsp3) is 0.632. The fourth-order valence-electron chi connectivity index (χ4n) is 2.73. The van der Waals surface area contributed by atoms with Gasteiger partial charge in [0.2, 0.25) is 17.7 Å². The highest BCUT2D eigenvalue weighted by molar-refractivity contribution is 7.80. The largest absolute Gasteiger partial charge is 0.480 e. The Morgan fingerprint density at radius 2 is 1.55 bits per heavy atom. The Morgan fingerprint density at radius 1 is 1.03 bits per heavy atom. The fourth-order valence-corrected chi connectivity index (χ4v) is 2.90. The molecule has 1 heterocycles. The van der Waals surface area contributed by atoms with E-state index in [1.807, 2.05) is 0 Å². The number of carboxylic acids is 1. The molecular formula is C19H32N6O5S. The summed E-state index contributed by atoms with van der Waals surface area (Å²) < 4.78 is 0. The highest BCUT2D eigenvalue weighted by Gasteiger charge is 2.33. The third kappa shape index (κ3) is 8.21. The number of H-pyrrole nitrogens is 1. The first-order valence-corrected chi connectivity index (χ1v) is 10.6. The second-order valence-electron chi connectivity index (χ2n) is 7.93. The number of carbonyl (C=O) groups is 4. The van der Waals surface area contributed by atoms with Crippen LogP contribution in [0, 0.1) is 11.8 Å². The summed E-state index contributed by atoms with van der Waals surface area (Å²) in [5.74, 6) is -3.46. The van der Waals surface area contributed by atoms with E-state index in [2.05, 4.69) is 38.5 Å². The number of rotatable bonds is 12. The molecule has 0 radical (unpaired) electrons. The van der Waals surface area contributed by atoms with Gasteiger partial charge in [-0.3, -0.25) is 14.4 Å². The summed E-state index contributed by atoms with van der Waals surface area (Å²) in [6.07, 6.45) is 2.88. The van der Waals surface area contributed by atoms with Crippen molar-refractivity contribution in [3.63, 3.8) is 0 Å². The number of hydrogen-bond donors (Lipinski definition) is 7. The van der Waals surface area contributed by atoms with Gasteiger partial charge in [0.15, 0.2) is 0 Å². The molecule has 174 valence electrons. The number of nitrogens with two attached hydrogens (primary N) is 1. The molecule has 0 aromatic carbocycles. The van der Waals surface area contributed by atoms with Gasteiger partial charge in [-0.2, -0.15) is 12.6 Å². The van der Waals surface area contributed by atoms with Crippen LogP contribution in [-0.4, -0.2) is 68.7 Å². The zero-order valence-electron chi connectivity index (χ0n) is 18.1. The number of thiol groups is 1. The van der Waals surface area contributed by atoms with E-state index in [1.54, 1.807) is 27.7 Å². The molecule has 4 unspecified atom stereocenters. The normalized spacial score (nSPS) is 15.1. The monoisotopic (exact) mass is 456 g/mol. The van der Waals surface area contributed by atoms with Gasteiger partial charge >= 0.3 is 5.97 Å². The predicted octanol–water partition coefficient (Wildman–Crippen LogP) is -0.940. The van der Waals surface area contributed by atoms with Gasteiger partial charge in [-0.15, -0.1) is 0 Å². The minimum absolute atomic E-state index is 0.00608. The molecule has 0 bridgehead atoms. The maximum Gasteiger partial charge on any atom is 0.326 e. The summed E-state index contributed by atoms with van der Waals surface area (Å²) >= 11 is 3.98. The zero-order chi connectivity index (χ0) is 23.7. The second kappa shape index (κ2) is 12.3. The number of amides is 3. The summed E-state index contributed by atoms with van der Waals surface area (Å²) in [4.78, 5) is 55.9. The summed E-state index contributed by atoms with van der Waals surface area (Å²) in [7, 11) is 0. The van der Waals surface area contributed by atoms with Crippen LogP contribution in [0.5, 0.6) is 0 Å². The van der Waals surface area contributed by atoms with Gasteiger partial charge in [-0.05, 0) is 11.8 Å². The van der Waals surface area contributed by atoms with Gasteiger partial charge in [0, 0.05) is 24.1 Å². The third-order valence-electron chi connectivity index (χ3n) is 4.62. The van der Waals surface area contributed by atoms with Crippen molar-refractivity contribution in [2.75, 3.05) is 5.75 Å². The number of carbonyl (C=O) groups excluding carboxylic acids is 3. The number of nitrogens with zero attached hydrogens (tertiary/aromatic N) is 1. The lowest BCUT2D eigenvalue weighted by Gasteiger charge is -2.28. The lowest BCUT2D eigenvalue weighted by Crippen LogP contribution is -2.59. The number of aromatic amines is 1. The van der Waals surface area contributed by atoms with Gasteiger partial charge in [-0.1, -0.05) is 27.7 Å². The van der Waals surface area contributed by atoms with E-state index in [-0.39, 0.29) is 24.0 Å². The van der Waals surface area contributed by atoms with Crippen LogP contribution in [0.15, 0.2) is 12.5 Å². The number of aromatic nitrogens is 2. The van der Waals surface area contributed by atoms with Crippen molar-refractivity contribution in [2.24, 2.45) is 17.6 Å². The third-order valence-corrected chi connectivity index (χ3v) is 5.01. The van der Waals surface area contributed by atoms with E-state index in [0.717, 1.165) is 0 Å². The topological polar surface area (TPSA) is 179 Å². The molecule has 0 spiro atoms. The highest BCUT2D eigenvalue weighted by atomic mass is 32.1. The number of nitrogens with one attached hydrogen (secondary N) is 4. The minimum Gasteiger partial charge on any atom is -0.480 e. The lowest BCUT2D eigenvalue weighted by atomic mass is 9.99. The van der Waals surface area contributed by atoms with E-state index < -0.39 is 47.9 Å². The van der Waals surface area contributed by atoms with E-state index in [9.17, 15) is 24.3 Å². The van der Waals surface area contributed by atoms with E-state index in [4.69, 9.17) is 5.73 Å². The van der Waals surface area contributed by atoms with Crippen LogP contribution in [0.1, 0.15) is 33.4 Å². The predicted molar refractivity (Wildman–Crippen MR) is 117 cm³/mol. The van der Waals surface area contributed by atoms with E-state index in [0.29, 0.717) is 5.69 Å². The molecule has 0 saturated heterocycles. The van der Waals surface area contributed by atoms with Crippen LogP contribution >= 0.6 is 12.6 Å². The van der Waals surface area contributed by atoms with E-state index >= 15 is 0 Å². The van der Waals surface area contributed by atoms with Gasteiger partial charge in [0.25, 0.3) is 0 Å². The molecule has 4 atom stereocenters. The van der Waals surface area contributed by atoms with Crippen LogP contribution in [0.2, 0.25) is 0 Å². The molecule has 3 amide bonds. The summed E-state index contributed by atoms with van der Waals surface area (Å²) in [6, 6.07) is -4.01. The van der Waals surface area contributed by atoms with Crippen molar-refractivity contribution in [1.29, 1.82) is 0 Å². The molecule has 12 heteroatoms. The Kier molecular flexibility index (Phi) is 10.5. The quantitative estimate of drug-likeness (QED) is 0.198. The summed E-state index contributed by atoms with van der Waals surface area (Å²) in [5.41, 5.74) is 6.20. The van der Waals surface area contributed by atoms with E-state index in [1.165, 1.54) is 12.5 Å². The molecular weight excluding hydrogens is 424 g/mol. The Bertz CT molecular complexity index is 755. The highest BCUT2D eigenvalue weighted by Crippen LogP contribution is 2.08. The first-order chi connectivity index (χ1) is 14.5. The maximum absolute atomic E-state index is 12.8. The first-order valence-electron chi connectivity index (χ1n) is 9.95. The van der Waals surface area contributed by atoms with Gasteiger partial charge < -0.3 is 31.8 Å². The molecule has 7 N–H and O–H groups in total. The molecule has 0 aliphatic heterocycles. The standard InChI is InChI=1S/C19H32N6O5S/c1-9(2)14(17(27)23-13(19(29)30)5-11-6-21-8-22-11)25-18(28)15(10(3)4)24-16(26)12(20)7-31/h6,8-10,12-15,31H,5,7,20H2,1-4H3,(H,21,22)(H,23,27)(H,24,26)(H,25,28)(H,29,30). The Labute approximate surface area is 186 Å². The van der Waals surface area contributed by atoms with Crippen molar-refractivity contribution >= 4 is 36.3 Å². The number of aliphatic carboxylic acids is 1. The Balaban J connectivity index is 2.90. The van der Waals surface area contributed by atoms with Crippen molar-refractivity contribution in [1.82, 2.24) is 25.9 Å². The van der Waals surface area contributed by atoms with Crippen molar-refractivity contribution in [2.45, 2.75) is 58.3 Å². The molecule has 0 fully saturated rings. The Morgan fingerprint density at radius 3 is 1.97 bits per heavy atom. The number of hydrogen-bond acceptors (Lipinski definition) is 7. The molecule has 1 aromatic rings. The molecule has 0 aliphatic rings. The minimum atomic E-state index is -1.22. The molecule has 0 saturated carbocycles. The van der Waals surface area contributed by atoms with Crippen LogP contribution in [-0.2, 0) is 25.6 Å². The van der Waals surface area contributed by atoms with Crippen LogP contribution in [0.25, 0.3) is 0 Å². The lowest BCUT2D eigenvalue weighted by molar-refractivity contribution is -0.142. The molecule has 1 aromatic heterocycles. The van der Waals surface area contributed by atoms with Crippen LogP contribution < -0.4 is 21.7 Å². The van der Waals surface area contributed by atoms with Crippen LogP contribution in [0.4, 0.5) is 0 Å². The average Bonchev–Trinajstić information content (AvgIpc) is 3.20. The smallest absolute Gasteiger partial charge is 0.326 e. The maximum atomic E-state index is 12.8. The number of imidazole rings is 1. The Hall–Kier alpha value is -2.60. The van der Waals surface area contributed by atoms with Crippen molar-refractivity contribution < 1.29 is 24.3 Å². The SMILES string of the molecule is CC(C)C(NC(=O)C(N)CS)C(=O)NC(C(=O)NC(Cc1cnc[nH]1)C(=O)O)C(C)C. The average molecular weight is 457 g/mol.